The first-order valence-corrected chi connectivity index (χ1v) is 8.10. The van der Waals surface area contributed by atoms with Crippen molar-refractivity contribution < 1.29 is 9.59 Å². The normalized spacial score (nSPS) is 18.8. The molecular formula is C16H8Br2N2O2. The van der Waals surface area contributed by atoms with E-state index in [1.54, 1.807) is 0 Å². The van der Waals surface area contributed by atoms with E-state index in [0.29, 0.717) is 22.5 Å². The Morgan fingerprint density at radius 2 is 1.09 bits per heavy atom. The Labute approximate surface area is 142 Å². The van der Waals surface area contributed by atoms with Crippen LogP contribution in [-0.2, 0) is 9.59 Å². The zero-order chi connectivity index (χ0) is 15.4. The van der Waals surface area contributed by atoms with Gasteiger partial charge in [0.2, 0.25) is 0 Å². The van der Waals surface area contributed by atoms with E-state index >= 15 is 0 Å². The van der Waals surface area contributed by atoms with Gasteiger partial charge in [-0.1, -0.05) is 44.0 Å². The number of anilines is 2. The van der Waals surface area contributed by atoms with Crippen molar-refractivity contribution in [3.8, 4) is 0 Å². The maximum absolute atomic E-state index is 12.4. The second-order valence-electron chi connectivity index (χ2n) is 5.04. The summed E-state index contributed by atoms with van der Waals surface area (Å²) in [6, 6.07) is 11.0. The van der Waals surface area contributed by atoms with Crippen LogP contribution in [0.3, 0.4) is 0 Å². The van der Waals surface area contributed by atoms with Crippen molar-refractivity contribution in [2.45, 2.75) is 0 Å². The largest absolute Gasteiger partial charge is 0.321 e. The van der Waals surface area contributed by atoms with Gasteiger partial charge < -0.3 is 10.6 Å². The molecule has 0 bridgehead atoms. The standard InChI is InChI=1S/C16H8Br2N2O2/c17-7-1-3-9-11(5-7)19-15(21)13(9)14-10-4-2-8(18)6-12(10)20-16(14)22/h1-6H,(H,19,21)(H,20,22). The van der Waals surface area contributed by atoms with E-state index < -0.39 is 0 Å². The van der Waals surface area contributed by atoms with Crippen LogP contribution in [0.1, 0.15) is 11.1 Å². The van der Waals surface area contributed by atoms with Crippen molar-refractivity contribution in [1.82, 2.24) is 0 Å². The Morgan fingerprint density at radius 1 is 0.682 bits per heavy atom. The molecule has 2 heterocycles. The van der Waals surface area contributed by atoms with Crippen LogP contribution < -0.4 is 10.6 Å². The number of carbonyl (C=O) groups is 2. The quantitative estimate of drug-likeness (QED) is 0.633. The Bertz CT molecular complexity index is 830. The molecule has 0 fully saturated rings. The third kappa shape index (κ3) is 1.94. The SMILES string of the molecule is O=C1Nc2cc(Br)ccc2C1=C1C(=O)Nc2cc(Br)ccc21. The molecule has 2 aromatic carbocycles. The molecule has 6 heteroatoms. The molecule has 2 aliphatic heterocycles. The van der Waals surface area contributed by atoms with Crippen molar-refractivity contribution >= 4 is 66.2 Å². The highest BCUT2D eigenvalue weighted by Gasteiger charge is 2.35. The predicted octanol–water partition coefficient (Wildman–Crippen LogP) is 4.03. The van der Waals surface area contributed by atoms with Gasteiger partial charge in [0.05, 0.1) is 22.5 Å². The van der Waals surface area contributed by atoms with Crippen LogP contribution >= 0.6 is 31.9 Å². The van der Waals surface area contributed by atoms with Crippen LogP contribution in [0.2, 0.25) is 0 Å². The average Bonchev–Trinajstić information content (AvgIpc) is 2.93. The van der Waals surface area contributed by atoms with Crippen molar-refractivity contribution in [3.63, 3.8) is 0 Å². The molecule has 0 radical (unpaired) electrons. The van der Waals surface area contributed by atoms with Crippen molar-refractivity contribution in [1.29, 1.82) is 0 Å². The summed E-state index contributed by atoms with van der Waals surface area (Å²) in [6.07, 6.45) is 0. The van der Waals surface area contributed by atoms with Gasteiger partial charge in [-0.05, 0) is 24.3 Å². The smallest absolute Gasteiger partial charge is 0.257 e. The highest BCUT2D eigenvalue weighted by atomic mass is 79.9. The van der Waals surface area contributed by atoms with E-state index in [1.165, 1.54) is 0 Å². The molecule has 0 atom stereocenters. The summed E-state index contributed by atoms with van der Waals surface area (Å²) in [4.78, 5) is 24.8. The van der Waals surface area contributed by atoms with Gasteiger partial charge in [0.25, 0.3) is 11.8 Å². The third-order valence-electron chi connectivity index (χ3n) is 3.70. The summed E-state index contributed by atoms with van der Waals surface area (Å²) >= 11 is 6.76. The molecule has 2 amide bonds. The first kappa shape index (κ1) is 13.7. The zero-order valence-electron chi connectivity index (χ0n) is 11.0. The fraction of sp³-hybridized carbons (Fsp3) is 0. The van der Waals surface area contributed by atoms with Crippen LogP contribution in [0.4, 0.5) is 11.4 Å². The molecule has 0 aliphatic carbocycles. The molecule has 2 aliphatic rings. The maximum Gasteiger partial charge on any atom is 0.257 e. The van der Waals surface area contributed by atoms with Crippen LogP contribution in [0.5, 0.6) is 0 Å². The summed E-state index contributed by atoms with van der Waals surface area (Å²) in [5.74, 6) is -0.511. The third-order valence-corrected chi connectivity index (χ3v) is 4.69. The highest BCUT2D eigenvalue weighted by molar-refractivity contribution is 9.10. The number of benzene rings is 2. The lowest BCUT2D eigenvalue weighted by atomic mass is 9.96. The maximum atomic E-state index is 12.4. The molecule has 22 heavy (non-hydrogen) atoms. The number of halogens is 2. The summed E-state index contributed by atoms with van der Waals surface area (Å²) in [7, 11) is 0. The van der Waals surface area contributed by atoms with E-state index in [1.807, 2.05) is 36.4 Å². The molecule has 0 saturated heterocycles. The first-order valence-electron chi connectivity index (χ1n) is 6.51. The van der Waals surface area contributed by atoms with Gasteiger partial charge in [0, 0.05) is 20.1 Å². The fourth-order valence-corrected chi connectivity index (χ4v) is 3.51. The Morgan fingerprint density at radius 3 is 1.50 bits per heavy atom. The lowest BCUT2D eigenvalue weighted by Gasteiger charge is -2.03. The number of hydrogen-bond acceptors (Lipinski definition) is 2. The number of carbonyl (C=O) groups excluding carboxylic acids is 2. The lowest BCUT2D eigenvalue weighted by Crippen LogP contribution is -2.10. The number of hydrogen-bond donors (Lipinski definition) is 2. The number of rotatable bonds is 0. The number of amides is 2. The van der Waals surface area contributed by atoms with E-state index in [9.17, 15) is 9.59 Å². The molecule has 0 spiro atoms. The van der Waals surface area contributed by atoms with Crippen LogP contribution in [-0.4, -0.2) is 11.8 Å². The molecule has 0 unspecified atom stereocenters. The van der Waals surface area contributed by atoms with Gasteiger partial charge in [-0.2, -0.15) is 0 Å². The Kier molecular flexibility index (Phi) is 2.99. The van der Waals surface area contributed by atoms with Crippen molar-refractivity contribution in [3.05, 3.63) is 56.5 Å². The van der Waals surface area contributed by atoms with Crippen LogP contribution in [0.15, 0.2) is 45.3 Å². The zero-order valence-corrected chi connectivity index (χ0v) is 14.2. The van der Waals surface area contributed by atoms with E-state index in [4.69, 9.17) is 0 Å². The lowest BCUT2D eigenvalue weighted by molar-refractivity contribution is -0.112. The van der Waals surface area contributed by atoms with Crippen LogP contribution in [0, 0.1) is 0 Å². The van der Waals surface area contributed by atoms with E-state index in [2.05, 4.69) is 42.5 Å². The molecule has 4 rings (SSSR count). The molecule has 2 aromatic rings. The second kappa shape index (κ2) is 4.79. The van der Waals surface area contributed by atoms with Crippen molar-refractivity contribution in [2.24, 2.45) is 0 Å². The Balaban J connectivity index is 2.00. The van der Waals surface area contributed by atoms with E-state index in [-0.39, 0.29) is 11.8 Å². The summed E-state index contributed by atoms with van der Waals surface area (Å²) in [6.45, 7) is 0. The minimum absolute atomic E-state index is 0.256. The molecule has 2 N–H and O–H groups in total. The van der Waals surface area contributed by atoms with Gasteiger partial charge in [0.15, 0.2) is 0 Å². The first-order chi connectivity index (χ1) is 10.5. The summed E-state index contributed by atoms with van der Waals surface area (Å²) < 4.78 is 1.75. The summed E-state index contributed by atoms with van der Waals surface area (Å²) in [5, 5.41) is 5.62. The number of fused-ring (bicyclic) bond motifs is 2. The van der Waals surface area contributed by atoms with Crippen LogP contribution in [0.25, 0.3) is 11.1 Å². The molecular weight excluding hydrogens is 412 g/mol. The molecule has 0 aromatic heterocycles. The number of nitrogens with one attached hydrogen (secondary N) is 2. The monoisotopic (exact) mass is 418 g/mol. The highest BCUT2D eigenvalue weighted by Crippen LogP contribution is 2.43. The van der Waals surface area contributed by atoms with Gasteiger partial charge in [-0.25, -0.2) is 0 Å². The summed E-state index contributed by atoms with van der Waals surface area (Å²) in [5.41, 5.74) is 3.74. The van der Waals surface area contributed by atoms with E-state index in [0.717, 1.165) is 20.1 Å². The minimum Gasteiger partial charge on any atom is -0.321 e. The minimum atomic E-state index is -0.256. The molecule has 4 nitrogen and oxygen atoms in total. The van der Waals surface area contributed by atoms with Gasteiger partial charge in [0.1, 0.15) is 0 Å². The predicted molar refractivity (Wildman–Crippen MR) is 92.4 cm³/mol. The Hall–Kier alpha value is -1.92. The van der Waals surface area contributed by atoms with Gasteiger partial charge in [-0.15, -0.1) is 0 Å². The topological polar surface area (TPSA) is 58.2 Å². The average molecular weight is 420 g/mol. The van der Waals surface area contributed by atoms with Crippen molar-refractivity contribution in [2.75, 3.05) is 10.6 Å². The van der Waals surface area contributed by atoms with Gasteiger partial charge >= 0.3 is 0 Å². The molecule has 0 saturated carbocycles. The van der Waals surface area contributed by atoms with Gasteiger partial charge in [-0.3, -0.25) is 9.59 Å². The fourth-order valence-electron chi connectivity index (χ4n) is 2.79. The molecule has 108 valence electrons. The second-order valence-corrected chi connectivity index (χ2v) is 6.87.